The van der Waals surface area contributed by atoms with Gasteiger partial charge in [-0.3, -0.25) is 0 Å². The Morgan fingerprint density at radius 3 is 2.55 bits per heavy atom. The summed E-state index contributed by atoms with van der Waals surface area (Å²) >= 11 is 4.12. The second-order valence-electron chi connectivity index (χ2n) is 1.92. The van der Waals surface area contributed by atoms with Gasteiger partial charge >= 0.3 is 0 Å². The average Bonchev–Trinajstić information content (AvgIpc) is 1.95. The summed E-state index contributed by atoms with van der Waals surface area (Å²) in [6.45, 7) is 0. The molecule has 0 heterocycles. The molecule has 0 aliphatic carbocycles. The van der Waals surface area contributed by atoms with Crippen LogP contribution in [0.1, 0.15) is 0 Å². The molecular formula is C7H9NOSZn. The first kappa shape index (κ1) is 10.8. The molecule has 0 spiro atoms. The van der Waals surface area contributed by atoms with Crippen molar-refractivity contribution in [2.75, 3.05) is 12.8 Å². The van der Waals surface area contributed by atoms with E-state index < -0.39 is 0 Å². The second kappa shape index (κ2) is 4.63. The van der Waals surface area contributed by atoms with E-state index in [0.29, 0.717) is 5.69 Å². The number of methoxy groups -OCH3 is 1. The molecule has 2 N–H and O–H groups in total. The van der Waals surface area contributed by atoms with Crippen LogP contribution in [0.2, 0.25) is 0 Å². The summed E-state index contributed by atoms with van der Waals surface area (Å²) in [6.07, 6.45) is 0. The molecule has 11 heavy (non-hydrogen) atoms. The molecule has 56 valence electrons. The van der Waals surface area contributed by atoms with Crippen LogP contribution < -0.4 is 10.5 Å². The molecule has 0 aromatic heterocycles. The van der Waals surface area contributed by atoms with E-state index in [1.54, 1.807) is 25.3 Å². The molecule has 0 aliphatic heterocycles. The maximum atomic E-state index is 5.51. The molecule has 0 bridgehead atoms. The first-order valence-corrected chi connectivity index (χ1v) is 3.31. The van der Waals surface area contributed by atoms with Gasteiger partial charge in [0.15, 0.2) is 0 Å². The van der Waals surface area contributed by atoms with Crippen LogP contribution in [0.15, 0.2) is 23.1 Å². The third-order valence-electron chi connectivity index (χ3n) is 1.24. The fourth-order valence-electron chi connectivity index (χ4n) is 0.650. The normalized spacial score (nSPS) is 8.55. The zero-order chi connectivity index (χ0) is 7.56. The number of rotatable bonds is 1. The quantitative estimate of drug-likeness (QED) is 0.428. The number of anilines is 1. The zero-order valence-corrected chi connectivity index (χ0v) is 10.2. The summed E-state index contributed by atoms with van der Waals surface area (Å²) in [5, 5.41) is 0. The van der Waals surface area contributed by atoms with Crippen LogP contribution in [-0.2, 0) is 19.5 Å². The van der Waals surface area contributed by atoms with Crippen molar-refractivity contribution in [1.82, 2.24) is 0 Å². The van der Waals surface area contributed by atoms with Crippen molar-refractivity contribution in [2.45, 2.75) is 4.90 Å². The zero-order valence-electron chi connectivity index (χ0n) is 6.37. The third kappa shape index (κ3) is 2.72. The van der Waals surface area contributed by atoms with Gasteiger partial charge in [0, 0.05) is 30.1 Å². The minimum atomic E-state index is 0. The van der Waals surface area contributed by atoms with E-state index in [4.69, 9.17) is 10.5 Å². The molecule has 0 amide bonds. The Bertz CT molecular complexity index is 242. The Morgan fingerprint density at radius 1 is 1.45 bits per heavy atom. The first-order valence-electron chi connectivity index (χ1n) is 2.86. The fraction of sp³-hybridized carbons (Fsp3) is 0.143. The van der Waals surface area contributed by atoms with Crippen molar-refractivity contribution >= 4 is 18.3 Å². The summed E-state index contributed by atoms with van der Waals surface area (Å²) in [5.74, 6) is 0.777. The molecule has 0 fully saturated rings. The van der Waals surface area contributed by atoms with Gasteiger partial charge in [-0.25, -0.2) is 0 Å². The van der Waals surface area contributed by atoms with Crippen LogP contribution in [0.3, 0.4) is 0 Å². The minimum Gasteiger partial charge on any atom is -0.497 e. The number of ether oxygens (including phenoxy) is 1. The van der Waals surface area contributed by atoms with Gasteiger partial charge in [0.1, 0.15) is 5.75 Å². The van der Waals surface area contributed by atoms with Gasteiger partial charge in [-0.2, -0.15) is 0 Å². The summed E-state index contributed by atoms with van der Waals surface area (Å²) in [4.78, 5) is 0.749. The van der Waals surface area contributed by atoms with E-state index >= 15 is 0 Å². The van der Waals surface area contributed by atoms with Gasteiger partial charge in [0.05, 0.1) is 7.11 Å². The molecule has 0 unspecified atom stereocenters. The standard InChI is InChI=1S/C7H9NOS.Zn/c1-9-5-2-3-6(8)7(10)4-5;/h2-4,10H,8H2,1H3;. The number of thiol groups is 1. The predicted octanol–water partition coefficient (Wildman–Crippen LogP) is 1.56. The van der Waals surface area contributed by atoms with Gasteiger partial charge < -0.3 is 10.5 Å². The van der Waals surface area contributed by atoms with Crippen LogP contribution in [0.25, 0.3) is 0 Å². The van der Waals surface area contributed by atoms with Crippen LogP contribution in [0, 0.1) is 0 Å². The Balaban J connectivity index is 0.000001000. The van der Waals surface area contributed by atoms with Crippen molar-refractivity contribution in [3.05, 3.63) is 18.2 Å². The van der Waals surface area contributed by atoms with Gasteiger partial charge in [-0.05, 0) is 18.2 Å². The molecule has 2 nitrogen and oxygen atoms in total. The van der Waals surface area contributed by atoms with Gasteiger partial charge in [0.2, 0.25) is 0 Å². The smallest absolute Gasteiger partial charge is 0.120 e. The maximum Gasteiger partial charge on any atom is 0.120 e. The van der Waals surface area contributed by atoms with Crippen LogP contribution in [0.5, 0.6) is 5.75 Å². The Morgan fingerprint density at radius 2 is 2.09 bits per heavy atom. The molecular weight excluding hydrogens is 212 g/mol. The molecule has 1 rings (SSSR count). The molecule has 0 radical (unpaired) electrons. The third-order valence-corrected chi connectivity index (χ3v) is 1.62. The van der Waals surface area contributed by atoms with E-state index in [9.17, 15) is 0 Å². The van der Waals surface area contributed by atoms with E-state index in [1.807, 2.05) is 0 Å². The van der Waals surface area contributed by atoms with Crippen molar-refractivity contribution in [1.29, 1.82) is 0 Å². The number of nitrogen functional groups attached to an aromatic ring is 1. The monoisotopic (exact) mass is 219 g/mol. The van der Waals surface area contributed by atoms with Gasteiger partial charge in [-0.1, -0.05) is 0 Å². The maximum absolute atomic E-state index is 5.51. The van der Waals surface area contributed by atoms with Crippen molar-refractivity contribution in [3.8, 4) is 5.75 Å². The summed E-state index contributed by atoms with van der Waals surface area (Å²) < 4.78 is 4.95. The second-order valence-corrected chi connectivity index (χ2v) is 2.41. The van der Waals surface area contributed by atoms with Crippen LogP contribution in [0.4, 0.5) is 5.69 Å². The molecule has 1 aromatic rings. The summed E-state index contributed by atoms with van der Waals surface area (Å²) in [6, 6.07) is 5.34. The molecule has 0 atom stereocenters. The Labute approximate surface area is 84.3 Å². The Hall–Kier alpha value is -0.207. The number of nitrogens with two attached hydrogens (primary N) is 1. The van der Waals surface area contributed by atoms with Crippen molar-refractivity contribution in [2.24, 2.45) is 0 Å². The van der Waals surface area contributed by atoms with Gasteiger partial charge in [0.25, 0.3) is 0 Å². The number of hydrogen-bond acceptors (Lipinski definition) is 3. The summed E-state index contributed by atoms with van der Waals surface area (Å²) in [7, 11) is 1.61. The minimum absolute atomic E-state index is 0. The van der Waals surface area contributed by atoms with Crippen molar-refractivity contribution < 1.29 is 24.2 Å². The molecule has 4 heteroatoms. The topological polar surface area (TPSA) is 35.2 Å². The largest absolute Gasteiger partial charge is 0.497 e. The van der Waals surface area contributed by atoms with Crippen molar-refractivity contribution in [3.63, 3.8) is 0 Å². The molecule has 1 aromatic carbocycles. The molecule has 0 saturated heterocycles. The number of hydrogen-bond donors (Lipinski definition) is 2. The SMILES string of the molecule is COc1ccc(N)c(S)c1.[Zn]. The van der Waals surface area contributed by atoms with Gasteiger partial charge in [-0.15, -0.1) is 12.6 Å². The van der Waals surface area contributed by atoms with Crippen LogP contribution in [-0.4, -0.2) is 7.11 Å². The van der Waals surface area contributed by atoms with E-state index in [1.165, 1.54) is 0 Å². The van der Waals surface area contributed by atoms with E-state index in [0.717, 1.165) is 10.6 Å². The first-order chi connectivity index (χ1) is 4.74. The molecule has 0 aliphatic rings. The van der Waals surface area contributed by atoms with E-state index in [2.05, 4.69) is 12.6 Å². The number of benzene rings is 1. The summed E-state index contributed by atoms with van der Waals surface area (Å²) in [5.41, 5.74) is 6.18. The molecule has 0 saturated carbocycles. The Kier molecular flexibility index (Phi) is 4.54. The average molecular weight is 221 g/mol. The van der Waals surface area contributed by atoms with E-state index in [-0.39, 0.29) is 19.5 Å². The predicted molar refractivity (Wildman–Crippen MR) is 44.7 cm³/mol. The van der Waals surface area contributed by atoms with Crippen LogP contribution >= 0.6 is 12.6 Å². The fourth-order valence-corrected chi connectivity index (χ4v) is 0.852.